The number of esters is 2. The largest absolute Gasteiger partial charge is 0.506 e. The molecule has 0 saturated heterocycles. The van der Waals surface area contributed by atoms with E-state index in [1.165, 1.54) is 55.5 Å². The molecule has 9 atom stereocenters. The Morgan fingerprint density at radius 1 is 1.06 bits per heavy atom. The maximum atomic E-state index is 17.6. The minimum absolute atomic E-state index is 0.0000354. The number of aromatic hydroxyl groups is 1. The van der Waals surface area contributed by atoms with Gasteiger partial charge in [0.25, 0.3) is 0 Å². The van der Waals surface area contributed by atoms with Crippen LogP contribution in [0.25, 0.3) is 0 Å². The first kappa shape index (κ1) is 33.1. The molecule has 2 aromatic carbocycles. The fourth-order valence-corrected chi connectivity index (χ4v) is 9.05. The fraction of sp³-hybridized carbons (Fsp3) is 0.457. The number of ketones is 1. The van der Waals surface area contributed by atoms with E-state index in [4.69, 9.17) is 25.8 Å². The Bertz CT molecular complexity index is 1700. The van der Waals surface area contributed by atoms with Crippen LogP contribution in [0.2, 0.25) is 5.02 Å². The lowest BCUT2D eigenvalue weighted by molar-refractivity contribution is -0.232. The average molecular weight is 675 g/mol. The van der Waals surface area contributed by atoms with E-state index >= 15 is 8.78 Å². The number of hydrogen-bond acceptors (Lipinski definition) is 8. The van der Waals surface area contributed by atoms with Gasteiger partial charge in [0.1, 0.15) is 23.4 Å². The Balaban J connectivity index is 1.34. The van der Waals surface area contributed by atoms with Crippen molar-refractivity contribution in [3.05, 3.63) is 76.9 Å². The molecule has 0 radical (unpaired) electrons. The number of phenolic OH excluding ortho intramolecular Hbond substituents is 1. The second-order valence-corrected chi connectivity index (χ2v) is 13.8. The van der Waals surface area contributed by atoms with Crippen LogP contribution in [0.3, 0.4) is 0 Å². The van der Waals surface area contributed by atoms with Crippen molar-refractivity contribution in [3.63, 3.8) is 0 Å². The predicted molar refractivity (Wildman–Crippen MR) is 163 cm³/mol. The number of carbonyl (C=O) groups excluding carboxylic acids is 3. The summed E-state index contributed by atoms with van der Waals surface area (Å²) < 4.78 is 63.6. The first-order valence-electron chi connectivity index (χ1n) is 15.3. The minimum Gasteiger partial charge on any atom is -0.506 e. The van der Waals surface area contributed by atoms with Crippen molar-refractivity contribution in [3.8, 4) is 17.2 Å². The summed E-state index contributed by atoms with van der Waals surface area (Å²) in [6, 6.07) is 9.96. The van der Waals surface area contributed by atoms with Crippen molar-refractivity contribution >= 4 is 29.3 Å². The number of aliphatic hydroxyl groups is 1. The quantitative estimate of drug-likeness (QED) is 0.323. The molecular weight excluding hydrogens is 641 g/mol. The average Bonchev–Trinajstić information content (AvgIpc) is 3.24. The molecule has 47 heavy (non-hydrogen) atoms. The summed E-state index contributed by atoms with van der Waals surface area (Å²) in [4.78, 5) is 39.6. The van der Waals surface area contributed by atoms with Crippen LogP contribution in [0.1, 0.15) is 50.4 Å². The van der Waals surface area contributed by atoms with Crippen LogP contribution in [0.5, 0.6) is 17.2 Å². The third-order valence-corrected chi connectivity index (χ3v) is 11.5. The Labute approximate surface area is 274 Å². The number of fused-ring (bicyclic) bond motifs is 5. The molecule has 0 amide bonds. The molecule has 0 heterocycles. The Kier molecular flexibility index (Phi) is 8.03. The minimum atomic E-state index is -2.43. The van der Waals surface area contributed by atoms with E-state index in [1.54, 1.807) is 13.8 Å². The molecule has 3 saturated carbocycles. The number of hydrogen-bond donors (Lipinski definition) is 2. The molecule has 3 fully saturated rings. The van der Waals surface area contributed by atoms with E-state index in [1.807, 2.05) is 0 Å². The van der Waals surface area contributed by atoms with Gasteiger partial charge < -0.3 is 24.4 Å². The molecule has 4 aliphatic rings. The molecule has 2 unspecified atom stereocenters. The molecule has 0 aromatic heterocycles. The highest BCUT2D eigenvalue weighted by molar-refractivity contribution is 6.32. The summed E-state index contributed by atoms with van der Waals surface area (Å²) >= 11 is 5.84. The van der Waals surface area contributed by atoms with Crippen LogP contribution >= 0.6 is 11.6 Å². The van der Waals surface area contributed by atoms with Crippen LogP contribution in [-0.4, -0.2) is 58.3 Å². The van der Waals surface area contributed by atoms with Crippen molar-refractivity contribution in [1.82, 2.24) is 0 Å². The first-order chi connectivity index (χ1) is 22.1. The number of phenols is 1. The van der Waals surface area contributed by atoms with E-state index in [-0.39, 0.29) is 40.5 Å². The fourth-order valence-electron chi connectivity index (χ4n) is 8.93. The molecular formula is C35H34ClF3O8. The molecule has 0 bridgehead atoms. The number of benzene rings is 2. The lowest BCUT2D eigenvalue weighted by atomic mass is 9.44. The van der Waals surface area contributed by atoms with Gasteiger partial charge >= 0.3 is 11.9 Å². The van der Waals surface area contributed by atoms with Crippen LogP contribution in [0, 0.1) is 28.6 Å². The number of carbonyl (C=O) groups is 3. The summed E-state index contributed by atoms with van der Waals surface area (Å²) in [5.41, 5.74) is -7.79. The summed E-state index contributed by atoms with van der Waals surface area (Å²) in [6.07, 6.45) is -0.623. The number of rotatable bonds is 6. The van der Waals surface area contributed by atoms with Crippen LogP contribution in [0.4, 0.5) is 13.2 Å². The predicted octanol–water partition coefficient (Wildman–Crippen LogP) is 6.77. The Hall–Kier alpha value is -3.83. The third kappa shape index (κ3) is 4.71. The highest BCUT2D eigenvalue weighted by Crippen LogP contribution is 2.71. The Morgan fingerprint density at radius 2 is 1.74 bits per heavy atom. The van der Waals surface area contributed by atoms with E-state index in [0.29, 0.717) is 5.75 Å². The first-order valence-corrected chi connectivity index (χ1v) is 15.7. The second kappa shape index (κ2) is 11.4. The molecule has 4 aliphatic carbocycles. The van der Waals surface area contributed by atoms with Crippen LogP contribution in [-0.2, 0) is 19.1 Å². The number of halogens is 4. The van der Waals surface area contributed by atoms with Gasteiger partial charge in [-0.2, -0.15) is 0 Å². The standard InChI is InChI=1S/C35H34ClF3O8/c1-18-12-23-24-15-27(38)25-13-20(40)10-11-32(25,2)34(24,39)29(42)16-33(23,3)35(18,31(44)45-17-37)47-30(43)19-4-6-21(7-5-19)46-22-8-9-26(36)28(41)14-22/h4-11,13-14,18,23-24,27,29,41-42H,12,15-17H2,1-3H3/t18-,23+,24+,27+,29+,32+,33+,34?,35?/m1/s1. The van der Waals surface area contributed by atoms with E-state index < -0.39 is 83.1 Å². The van der Waals surface area contributed by atoms with Crippen LogP contribution in [0.15, 0.2) is 66.3 Å². The molecule has 8 nitrogen and oxygen atoms in total. The van der Waals surface area contributed by atoms with Crippen molar-refractivity contribution in [2.75, 3.05) is 6.86 Å². The number of alkyl halides is 3. The zero-order valence-electron chi connectivity index (χ0n) is 25.8. The lowest BCUT2D eigenvalue weighted by Gasteiger charge is -2.63. The topological polar surface area (TPSA) is 119 Å². The monoisotopic (exact) mass is 674 g/mol. The van der Waals surface area contributed by atoms with E-state index in [9.17, 15) is 29.0 Å². The summed E-state index contributed by atoms with van der Waals surface area (Å²) in [6.45, 7) is 3.10. The van der Waals surface area contributed by atoms with Gasteiger partial charge in [-0.1, -0.05) is 31.5 Å². The number of ether oxygens (including phenoxy) is 3. The molecule has 0 aliphatic heterocycles. The van der Waals surface area contributed by atoms with Crippen molar-refractivity contribution in [2.24, 2.45) is 28.6 Å². The van der Waals surface area contributed by atoms with Crippen molar-refractivity contribution < 1.29 is 52.0 Å². The molecule has 6 rings (SSSR count). The SMILES string of the molecule is C[C@@H]1C[C@H]2[C@@H]3C[C@H](F)C4=CC(=O)C=C[C@]4(C)C3(F)[C@@H](O)C[C@]2(C)C1(OC(=O)c1ccc(Oc2ccc(Cl)c(O)c2)cc1)C(=O)OCF. The summed E-state index contributed by atoms with van der Waals surface area (Å²) in [5, 5.41) is 21.6. The van der Waals surface area contributed by atoms with Gasteiger partial charge in [0.2, 0.25) is 12.5 Å². The normalized spacial score (nSPS) is 37.2. The van der Waals surface area contributed by atoms with Gasteiger partial charge in [-0.15, -0.1) is 0 Å². The lowest BCUT2D eigenvalue weighted by Crippen LogP contribution is -2.71. The molecule has 2 aromatic rings. The van der Waals surface area contributed by atoms with Gasteiger partial charge in [-0.25, -0.2) is 22.8 Å². The molecule has 0 spiro atoms. The smallest absolute Gasteiger partial charge is 0.353 e. The molecule has 2 N–H and O–H groups in total. The Morgan fingerprint density at radius 3 is 2.40 bits per heavy atom. The third-order valence-electron chi connectivity index (χ3n) is 11.2. The highest BCUT2D eigenvalue weighted by Gasteiger charge is 2.78. The number of allylic oxidation sites excluding steroid dienone is 4. The number of aliphatic hydroxyl groups excluding tert-OH is 1. The molecule has 12 heteroatoms. The van der Waals surface area contributed by atoms with E-state index in [0.717, 1.165) is 12.2 Å². The van der Waals surface area contributed by atoms with Crippen molar-refractivity contribution in [2.45, 2.75) is 63.6 Å². The van der Waals surface area contributed by atoms with E-state index in [2.05, 4.69) is 0 Å². The summed E-state index contributed by atoms with van der Waals surface area (Å²) in [5.74, 6) is -5.04. The van der Waals surface area contributed by atoms with Gasteiger partial charge in [0, 0.05) is 28.7 Å². The van der Waals surface area contributed by atoms with Crippen molar-refractivity contribution in [1.29, 1.82) is 0 Å². The van der Waals surface area contributed by atoms with Gasteiger partial charge in [-0.3, -0.25) is 4.79 Å². The second-order valence-electron chi connectivity index (χ2n) is 13.4. The van der Waals surface area contributed by atoms with Gasteiger partial charge in [0.05, 0.1) is 16.7 Å². The zero-order chi connectivity index (χ0) is 34.1. The maximum absolute atomic E-state index is 17.6. The van der Waals surface area contributed by atoms with Gasteiger partial charge in [-0.05, 0) is 86.2 Å². The summed E-state index contributed by atoms with van der Waals surface area (Å²) in [7, 11) is 0. The zero-order valence-corrected chi connectivity index (χ0v) is 26.6. The van der Waals surface area contributed by atoms with Crippen LogP contribution < -0.4 is 4.74 Å². The maximum Gasteiger partial charge on any atom is 0.353 e. The molecule has 250 valence electrons. The van der Waals surface area contributed by atoms with Gasteiger partial charge in [0.15, 0.2) is 11.5 Å². The highest BCUT2D eigenvalue weighted by atomic mass is 35.5.